The van der Waals surface area contributed by atoms with Crippen molar-refractivity contribution in [3.63, 3.8) is 0 Å². The lowest BCUT2D eigenvalue weighted by atomic mass is 10.0. The highest BCUT2D eigenvalue weighted by molar-refractivity contribution is 7.91. The molecule has 0 radical (unpaired) electrons. The molecule has 1 aromatic carbocycles. The summed E-state index contributed by atoms with van der Waals surface area (Å²) in [5, 5.41) is 0. The van der Waals surface area contributed by atoms with E-state index >= 15 is 0 Å². The fraction of sp³-hybridized carbons (Fsp3) is 0.632. The number of hydrogen-bond acceptors (Lipinski definition) is 5. The van der Waals surface area contributed by atoms with Crippen LogP contribution in [0.4, 0.5) is 4.79 Å². The van der Waals surface area contributed by atoms with Gasteiger partial charge in [0.1, 0.15) is 0 Å². The van der Waals surface area contributed by atoms with Gasteiger partial charge in [-0.1, -0.05) is 23.8 Å². The fourth-order valence-electron chi connectivity index (χ4n) is 3.91. The summed E-state index contributed by atoms with van der Waals surface area (Å²) in [5.74, 6) is 0.127. The van der Waals surface area contributed by atoms with E-state index in [0.29, 0.717) is 19.6 Å². The molecular formula is C19H28N2O4S. The zero-order valence-corrected chi connectivity index (χ0v) is 16.8. The van der Waals surface area contributed by atoms with Gasteiger partial charge in [-0.3, -0.25) is 4.90 Å². The van der Waals surface area contributed by atoms with Gasteiger partial charge in [-0.15, -0.1) is 0 Å². The van der Waals surface area contributed by atoms with Crippen molar-refractivity contribution in [3.8, 4) is 0 Å². The van der Waals surface area contributed by atoms with Crippen LogP contribution in [0.3, 0.4) is 0 Å². The number of carbonyl (C=O) groups is 1. The first-order valence-electron chi connectivity index (χ1n) is 9.14. The molecule has 2 heterocycles. The molecule has 26 heavy (non-hydrogen) atoms. The summed E-state index contributed by atoms with van der Waals surface area (Å²) in [6.45, 7) is 9.59. The molecule has 0 unspecified atom stereocenters. The van der Waals surface area contributed by atoms with E-state index in [-0.39, 0.29) is 29.7 Å². The van der Waals surface area contributed by atoms with Gasteiger partial charge in [0.05, 0.1) is 23.7 Å². The summed E-state index contributed by atoms with van der Waals surface area (Å²) in [4.78, 5) is 16.3. The highest BCUT2D eigenvalue weighted by Crippen LogP contribution is 2.29. The normalized spacial score (nSPS) is 25.3. The maximum absolute atomic E-state index is 12.4. The number of hydrogen-bond donors (Lipinski definition) is 0. The van der Waals surface area contributed by atoms with E-state index < -0.39 is 15.9 Å². The second kappa shape index (κ2) is 7.19. The van der Waals surface area contributed by atoms with E-state index in [0.717, 1.165) is 0 Å². The number of benzene rings is 1. The molecule has 144 valence electrons. The minimum atomic E-state index is -3.16. The van der Waals surface area contributed by atoms with E-state index in [9.17, 15) is 13.2 Å². The lowest BCUT2D eigenvalue weighted by Crippen LogP contribution is -2.60. The Balaban J connectivity index is 1.82. The van der Waals surface area contributed by atoms with Crippen molar-refractivity contribution in [2.45, 2.75) is 52.4 Å². The van der Waals surface area contributed by atoms with Crippen molar-refractivity contribution < 1.29 is 17.9 Å². The lowest BCUT2D eigenvalue weighted by Gasteiger charge is -2.43. The Morgan fingerprint density at radius 2 is 1.88 bits per heavy atom. The van der Waals surface area contributed by atoms with Gasteiger partial charge in [0, 0.05) is 25.7 Å². The summed E-state index contributed by atoms with van der Waals surface area (Å²) in [6, 6.07) is 5.84. The molecule has 2 aliphatic rings. The van der Waals surface area contributed by atoms with E-state index in [1.54, 1.807) is 18.7 Å². The van der Waals surface area contributed by atoms with E-state index in [1.807, 2.05) is 0 Å². The van der Waals surface area contributed by atoms with Crippen LogP contribution in [0.1, 0.15) is 30.5 Å². The van der Waals surface area contributed by atoms with Gasteiger partial charge in [-0.25, -0.2) is 13.2 Å². The number of piperazine rings is 1. The lowest BCUT2D eigenvalue weighted by molar-refractivity contribution is 0.0163. The number of fused-ring (bicyclic) bond motifs is 1. The quantitative estimate of drug-likeness (QED) is 0.804. The smallest absolute Gasteiger partial charge is 0.410 e. The molecule has 1 amide bonds. The maximum Gasteiger partial charge on any atom is 0.410 e. The highest BCUT2D eigenvalue weighted by atomic mass is 32.2. The van der Waals surface area contributed by atoms with Crippen LogP contribution in [0.25, 0.3) is 0 Å². The van der Waals surface area contributed by atoms with Crippen LogP contribution < -0.4 is 0 Å². The Hall–Kier alpha value is -1.60. The zero-order valence-electron chi connectivity index (χ0n) is 15.9. The van der Waals surface area contributed by atoms with Crippen LogP contribution in [0.5, 0.6) is 0 Å². The topological polar surface area (TPSA) is 66.9 Å². The number of carbonyl (C=O) groups excluding carboxylic acids is 1. The molecule has 6 nitrogen and oxygen atoms in total. The van der Waals surface area contributed by atoms with Gasteiger partial charge >= 0.3 is 6.09 Å². The molecule has 2 fully saturated rings. The molecule has 0 saturated carbocycles. The zero-order chi connectivity index (χ0) is 19.1. The van der Waals surface area contributed by atoms with Crippen LogP contribution in [0, 0.1) is 13.8 Å². The molecule has 2 saturated heterocycles. The molecule has 1 aromatic rings. The minimum Gasteiger partial charge on any atom is -0.447 e. The second-order valence-electron chi connectivity index (χ2n) is 7.74. The highest BCUT2D eigenvalue weighted by Gasteiger charge is 2.48. The molecule has 3 rings (SSSR count). The summed E-state index contributed by atoms with van der Waals surface area (Å²) >= 11 is 0. The Labute approximate surface area is 156 Å². The van der Waals surface area contributed by atoms with E-state index in [2.05, 4.69) is 36.9 Å². The van der Waals surface area contributed by atoms with Crippen LogP contribution in [0.15, 0.2) is 18.2 Å². The minimum absolute atomic E-state index is 0.0220. The van der Waals surface area contributed by atoms with Crippen molar-refractivity contribution >= 4 is 15.9 Å². The monoisotopic (exact) mass is 380 g/mol. The summed E-state index contributed by atoms with van der Waals surface area (Å²) < 4.78 is 29.9. The molecule has 2 aliphatic heterocycles. The van der Waals surface area contributed by atoms with E-state index in [4.69, 9.17) is 4.74 Å². The number of rotatable bonds is 3. The Kier molecular flexibility index (Phi) is 5.30. The van der Waals surface area contributed by atoms with Crippen LogP contribution in [0.2, 0.25) is 0 Å². The summed E-state index contributed by atoms with van der Waals surface area (Å²) in [5.41, 5.74) is 3.61. The number of aryl methyl sites for hydroxylation is 2. The van der Waals surface area contributed by atoms with Gasteiger partial charge in [-0.05, 0) is 38.8 Å². The van der Waals surface area contributed by atoms with E-state index in [1.165, 1.54) is 16.7 Å². The average Bonchev–Trinajstić information content (AvgIpc) is 2.85. The first kappa shape index (κ1) is 19.2. The van der Waals surface area contributed by atoms with Crippen LogP contribution >= 0.6 is 0 Å². The standard InChI is InChI=1S/C19H28N2O4S/c1-13(2)25-19(22)21-8-7-20(17-11-26(23,24)12-18(17)21)10-16-9-14(3)5-6-15(16)4/h5-6,9,13,17-18H,7-8,10-12H2,1-4H3/t17-,18+/m0/s1. The van der Waals surface area contributed by atoms with Crippen molar-refractivity contribution in [2.24, 2.45) is 0 Å². The first-order chi connectivity index (χ1) is 12.2. The first-order valence-corrected chi connectivity index (χ1v) is 11.0. The molecule has 0 aromatic heterocycles. The fourth-order valence-corrected chi connectivity index (χ4v) is 5.92. The second-order valence-corrected chi connectivity index (χ2v) is 9.89. The third kappa shape index (κ3) is 4.04. The van der Waals surface area contributed by atoms with Gasteiger partial charge in [0.15, 0.2) is 9.84 Å². The number of ether oxygens (including phenoxy) is 1. The number of sulfone groups is 1. The average molecular weight is 381 g/mol. The SMILES string of the molecule is Cc1ccc(C)c(CN2CCN(C(=O)OC(C)C)[C@@H]3CS(=O)(=O)C[C@@H]32)c1. The largest absolute Gasteiger partial charge is 0.447 e. The Morgan fingerprint density at radius 3 is 2.58 bits per heavy atom. The Morgan fingerprint density at radius 1 is 1.19 bits per heavy atom. The van der Waals surface area contributed by atoms with Gasteiger partial charge < -0.3 is 9.64 Å². The predicted molar refractivity (Wildman–Crippen MR) is 101 cm³/mol. The molecule has 2 atom stereocenters. The summed E-state index contributed by atoms with van der Waals surface area (Å²) in [7, 11) is -3.16. The van der Waals surface area contributed by atoms with Crippen molar-refractivity contribution in [1.29, 1.82) is 0 Å². The maximum atomic E-state index is 12.4. The van der Waals surface area contributed by atoms with Gasteiger partial charge in [0.2, 0.25) is 0 Å². The van der Waals surface area contributed by atoms with Crippen molar-refractivity contribution in [3.05, 3.63) is 34.9 Å². The van der Waals surface area contributed by atoms with Crippen LogP contribution in [-0.2, 0) is 21.1 Å². The van der Waals surface area contributed by atoms with Gasteiger partial charge in [-0.2, -0.15) is 0 Å². The van der Waals surface area contributed by atoms with Crippen molar-refractivity contribution in [1.82, 2.24) is 9.80 Å². The molecular weight excluding hydrogens is 352 g/mol. The molecule has 0 spiro atoms. The van der Waals surface area contributed by atoms with Crippen LogP contribution in [-0.4, -0.2) is 67.1 Å². The van der Waals surface area contributed by atoms with Gasteiger partial charge in [0.25, 0.3) is 0 Å². The third-order valence-electron chi connectivity index (χ3n) is 5.24. The Bertz CT molecular complexity index is 791. The van der Waals surface area contributed by atoms with Crippen molar-refractivity contribution in [2.75, 3.05) is 24.6 Å². The summed E-state index contributed by atoms with van der Waals surface area (Å²) in [6.07, 6.45) is -0.620. The number of amides is 1. The molecule has 0 aliphatic carbocycles. The molecule has 0 N–H and O–H groups in total. The molecule has 0 bridgehead atoms. The molecule has 7 heteroatoms. The number of nitrogens with zero attached hydrogens (tertiary/aromatic N) is 2. The predicted octanol–water partition coefficient (Wildman–Crippen LogP) is 2.13. The third-order valence-corrected chi connectivity index (χ3v) is 6.94.